The number of hydrogen-bond donors (Lipinski definition) is 2. The average molecular weight is 273 g/mol. The van der Waals surface area contributed by atoms with Crippen molar-refractivity contribution in [3.8, 4) is 11.3 Å². The van der Waals surface area contributed by atoms with Gasteiger partial charge in [0.25, 0.3) is 14.6 Å². The van der Waals surface area contributed by atoms with Crippen molar-refractivity contribution >= 4 is 19.7 Å². The van der Waals surface area contributed by atoms with Gasteiger partial charge in [-0.1, -0.05) is 12.1 Å². The molecule has 1 heterocycles. The predicted molar refractivity (Wildman–Crippen MR) is 64.6 cm³/mol. The van der Waals surface area contributed by atoms with Crippen molar-refractivity contribution in [2.75, 3.05) is 0 Å². The molecule has 7 heteroatoms. The minimum absolute atomic E-state index is 0.0263. The SMILES string of the molecule is Cc1c(-c2ccc(S(=O)(=O)Cl)cc2)[nH][nH]c1=O. The third kappa shape index (κ3) is 2.27. The van der Waals surface area contributed by atoms with E-state index in [0.29, 0.717) is 16.8 Å². The molecular formula is C10H9ClN2O3S. The maximum absolute atomic E-state index is 11.2. The molecule has 90 valence electrons. The largest absolute Gasteiger partial charge is 0.297 e. The first-order valence-corrected chi connectivity index (χ1v) is 7.03. The van der Waals surface area contributed by atoms with E-state index >= 15 is 0 Å². The first-order chi connectivity index (χ1) is 7.89. The van der Waals surface area contributed by atoms with Gasteiger partial charge in [-0.15, -0.1) is 0 Å². The van der Waals surface area contributed by atoms with Crippen molar-refractivity contribution in [2.24, 2.45) is 0 Å². The Bertz CT molecular complexity index is 698. The van der Waals surface area contributed by atoms with E-state index in [1.807, 2.05) is 0 Å². The summed E-state index contributed by atoms with van der Waals surface area (Å²) >= 11 is 0. The Morgan fingerprint density at radius 3 is 2.12 bits per heavy atom. The Labute approximate surface area is 102 Å². The number of aromatic nitrogens is 2. The minimum Gasteiger partial charge on any atom is -0.297 e. The molecule has 0 radical (unpaired) electrons. The molecule has 5 nitrogen and oxygen atoms in total. The molecule has 0 unspecified atom stereocenters. The molecule has 0 aliphatic heterocycles. The molecule has 0 atom stereocenters. The lowest BCUT2D eigenvalue weighted by atomic mass is 10.1. The molecule has 17 heavy (non-hydrogen) atoms. The summed E-state index contributed by atoms with van der Waals surface area (Å²) in [6, 6.07) is 5.95. The standard InChI is InChI=1S/C10H9ClN2O3S/c1-6-9(12-13-10(6)14)7-2-4-8(5-3-7)17(11,15)16/h2-5H,1H3,(H2,12,13,14). The van der Waals surface area contributed by atoms with Crippen LogP contribution in [0.25, 0.3) is 11.3 Å². The lowest BCUT2D eigenvalue weighted by molar-refractivity contribution is 0.609. The van der Waals surface area contributed by atoms with Crippen LogP contribution in [0.15, 0.2) is 34.0 Å². The van der Waals surface area contributed by atoms with E-state index in [-0.39, 0.29) is 10.5 Å². The molecule has 0 saturated heterocycles. The van der Waals surface area contributed by atoms with Crippen LogP contribution in [-0.2, 0) is 9.05 Å². The quantitative estimate of drug-likeness (QED) is 0.815. The van der Waals surface area contributed by atoms with E-state index in [1.54, 1.807) is 19.1 Å². The summed E-state index contributed by atoms with van der Waals surface area (Å²) in [6.45, 7) is 1.68. The molecule has 0 amide bonds. The molecular weight excluding hydrogens is 264 g/mol. The highest BCUT2D eigenvalue weighted by atomic mass is 35.7. The van der Waals surface area contributed by atoms with Crippen molar-refractivity contribution < 1.29 is 8.42 Å². The van der Waals surface area contributed by atoms with Gasteiger partial charge in [0.15, 0.2) is 0 Å². The van der Waals surface area contributed by atoms with Gasteiger partial charge in [-0.2, -0.15) is 0 Å². The lowest BCUT2D eigenvalue weighted by Crippen LogP contribution is -2.00. The Kier molecular flexibility index (Phi) is 2.84. The summed E-state index contributed by atoms with van der Waals surface area (Å²) in [5.41, 5.74) is 1.69. The number of aromatic amines is 2. The fourth-order valence-corrected chi connectivity index (χ4v) is 2.26. The predicted octanol–water partition coefficient (Wildman–Crippen LogP) is 1.61. The Balaban J connectivity index is 2.50. The summed E-state index contributed by atoms with van der Waals surface area (Å²) in [5.74, 6) is 0. The topological polar surface area (TPSA) is 82.8 Å². The van der Waals surface area contributed by atoms with Crippen LogP contribution in [0.2, 0.25) is 0 Å². The zero-order valence-corrected chi connectivity index (χ0v) is 10.4. The fraction of sp³-hybridized carbons (Fsp3) is 0.100. The molecule has 0 aliphatic rings. The summed E-state index contributed by atoms with van der Waals surface area (Å²) in [7, 11) is 1.49. The number of halogens is 1. The summed E-state index contributed by atoms with van der Waals surface area (Å²) < 4.78 is 22.1. The Hall–Kier alpha value is -1.53. The smallest absolute Gasteiger partial charge is 0.267 e. The molecule has 0 aliphatic carbocycles. The zero-order valence-electron chi connectivity index (χ0n) is 8.82. The molecule has 0 fully saturated rings. The second kappa shape index (κ2) is 4.05. The first kappa shape index (κ1) is 11.9. The lowest BCUT2D eigenvalue weighted by Gasteiger charge is -2.00. The highest BCUT2D eigenvalue weighted by molar-refractivity contribution is 8.13. The Morgan fingerprint density at radius 1 is 1.12 bits per heavy atom. The average Bonchev–Trinajstić information content (AvgIpc) is 2.59. The maximum Gasteiger partial charge on any atom is 0.267 e. The minimum atomic E-state index is -3.71. The van der Waals surface area contributed by atoms with Gasteiger partial charge in [-0.3, -0.25) is 15.0 Å². The summed E-state index contributed by atoms with van der Waals surface area (Å²) in [5, 5.41) is 5.18. The molecule has 2 aromatic rings. The monoisotopic (exact) mass is 272 g/mol. The number of H-pyrrole nitrogens is 2. The number of benzene rings is 1. The van der Waals surface area contributed by atoms with Crippen molar-refractivity contribution in [3.05, 3.63) is 40.2 Å². The molecule has 2 N–H and O–H groups in total. The van der Waals surface area contributed by atoms with Crippen LogP contribution in [0.1, 0.15) is 5.56 Å². The molecule has 0 bridgehead atoms. The van der Waals surface area contributed by atoms with Gasteiger partial charge in [0, 0.05) is 16.2 Å². The van der Waals surface area contributed by atoms with Crippen molar-refractivity contribution in [1.82, 2.24) is 10.2 Å². The molecule has 0 spiro atoms. The summed E-state index contributed by atoms with van der Waals surface area (Å²) in [6.07, 6.45) is 0. The number of hydrogen-bond acceptors (Lipinski definition) is 3. The van der Waals surface area contributed by atoms with Crippen LogP contribution < -0.4 is 5.56 Å². The van der Waals surface area contributed by atoms with Crippen LogP contribution in [-0.4, -0.2) is 18.6 Å². The van der Waals surface area contributed by atoms with E-state index < -0.39 is 9.05 Å². The van der Waals surface area contributed by atoms with Crippen LogP contribution in [0, 0.1) is 6.92 Å². The first-order valence-electron chi connectivity index (χ1n) is 4.72. The van der Waals surface area contributed by atoms with Crippen molar-refractivity contribution in [3.63, 3.8) is 0 Å². The highest BCUT2D eigenvalue weighted by Crippen LogP contribution is 2.22. The maximum atomic E-state index is 11.2. The van der Waals surface area contributed by atoms with Gasteiger partial charge in [0.1, 0.15) is 0 Å². The van der Waals surface area contributed by atoms with E-state index in [4.69, 9.17) is 10.7 Å². The fourth-order valence-electron chi connectivity index (χ4n) is 1.49. The van der Waals surface area contributed by atoms with Crippen LogP contribution in [0.4, 0.5) is 0 Å². The number of rotatable bonds is 2. The van der Waals surface area contributed by atoms with Gasteiger partial charge in [-0.25, -0.2) is 8.42 Å². The molecule has 1 aromatic heterocycles. The van der Waals surface area contributed by atoms with Crippen LogP contribution in [0.5, 0.6) is 0 Å². The summed E-state index contributed by atoms with van der Waals surface area (Å²) in [4.78, 5) is 11.3. The normalized spacial score (nSPS) is 11.6. The second-order valence-electron chi connectivity index (χ2n) is 3.54. The van der Waals surface area contributed by atoms with Crippen molar-refractivity contribution in [2.45, 2.75) is 11.8 Å². The second-order valence-corrected chi connectivity index (χ2v) is 6.11. The highest BCUT2D eigenvalue weighted by Gasteiger charge is 2.11. The third-order valence-electron chi connectivity index (χ3n) is 2.44. The van der Waals surface area contributed by atoms with Crippen LogP contribution in [0.3, 0.4) is 0 Å². The van der Waals surface area contributed by atoms with Crippen molar-refractivity contribution in [1.29, 1.82) is 0 Å². The van der Waals surface area contributed by atoms with Crippen LogP contribution >= 0.6 is 10.7 Å². The van der Waals surface area contributed by atoms with Gasteiger partial charge in [-0.05, 0) is 24.6 Å². The van der Waals surface area contributed by atoms with Gasteiger partial charge < -0.3 is 0 Å². The Morgan fingerprint density at radius 2 is 1.71 bits per heavy atom. The molecule has 2 rings (SSSR count). The van der Waals surface area contributed by atoms with Gasteiger partial charge >= 0.3 is 0 Å². The van der Waals surface area contributed by atoms with Gasteiger partial charge in [0.2, 0.25) is 0 Å². The zero-order chi connectivity index (χ0) is 12.6. The number of nitrogens with one attached hydrogen (secondary N) is 2. The van der Waals surface area contributed by atoms with E-state index in [1.165, 1.54) is 12.1 Å². The van der Waals surface area contributed by atoms with Gasteiger partial charge in [0.05, 0.1) is 10.6 Å². The van der Waals surface area contributed by atoms with E-state index in [2.05, 4.69) is 10.2 Å². The third-order valence-corrected chi connectivity index (χ3v) is 3.81. The molecule has 1 aromatic carbocycles. The van der Waals surface area contributed by atoms with E-state index in [9.17, 15) is 13.2 Å². The molecule has 0 saturated carbocycles. The van der Waals surface area contributed by atoms with E-state index in [0.717, 1.165) is 0 Å².